The van der Waals surface area contributed by atoms with Crippen LogP contribution in [0.15, 0.2) is 23.5 Å². The number of methoxy groups -OCH3 is 1. The zero-order valence-electron chi connectivity index (χ0n) is 16.6. The van der Waals surface area contributed by atoms with Gasteiger partial charge in [-0.3, -0.25) is 9.48 Å². The molecule has 27 heavy (non-hydrogen) atoms. The molecule has 0 amide bonds. The molecule has 3 rings (SSSR count). The molecule has 2 unspecified atom stereocenters. The Labute approximate surface area is 158 Å². The Morgan fingerprint density at radius 1 is 1.26 bits per heavy atom. The van der Waals surface area contributed by atoms with Gasteiger partial charge in [0, 0.05) is 19.8 Å². The van der Waals surface area contributed by atoms with E-state index in [1.165, 1.54) is 0 Å². The third-order valence-electron chi connectivity index (χ3n) is 5.32. The highest BCUT2D eigenvalue weighted by Gasteiger charge is 2.19. The number of ether oxygens (including phenoxy) is 1. The fraction of sp³-hybridized carbons (Fsp3) is 0.526. The smallest absolute Gasteiger partial charge is 0.276 e. The monoisotopic (exact) mass is 372 g/mol. The van der Waals surface area contributed by atoms with E-state index in [2.05, 4.69) is 41.2 Å². The lowest BCUT2D eigenvalue weighted by Crippen LogP contribution is -2.27. The Hall–Kier alpha value is -2.77. The van der Waals surface area contributed by atoms with Crippen molar-refractivity contribution in [2.24, 2.45) is 18.9 Å². The molecule has 8 heteroatoms. The zero-order valence-corrected chi connectivity index (χ0v) is 16.6. The number of hydrogen-bond acceptors (Lipinski definition) is 5. The van der Waals surface area contributed by atoms with Crippen molar-refractivity contribution in [3.8, 4) is 5.88 Å². The highest BCUT2D eigenvalue weighted by molar-refractivity contribution is 5.89. The van der Waals surface area contributed by atoms with Crippen LogP contribution in [-0.2, 0) is 13.6 Å². The molecule has 0 aromatic carbocycles. The highest BCUT2D eigenvalue weighted by Crippen LogP contribution is 2.29. The lowest BCUT2D eigenvalue weighted by molar-refractivity contribution is 0.295. The van der Waals surface area contributed by atoms with Crippen molar-refractivity contribution in [1.29, 1.82) is 0 Å². The molecular formula is C19H28N6O2. The maximum absolute atomic E-state index is 12.9. The van der Waals surface area contributed by atoms with E-state index in [1.807, 2.05) is 19.4 Å². The van der Waals surface area contributed by atoms with Gasteiger partial charge in [0.1, 0.15) is 16.7 Å². The first-order valence-corrected chi connectivity index (χ1v) is 9.39. The Kier molecular flexibility index (Phi) is 5.53. The molecule has 0 fully saturated rings. The summed E-state index contributed by atoms with van der Waals surface area (Å²) in [6, 6.07) is 0. The average Bonchev–Trinajstić information content (AvgIpc) is 3.29. The summed E-state index contributed by atoms with van der Waals surface area (Å²) in [7, 11) is 3.41. The van der Waals surface area contributed by atoms with Crippen LogP contribution in [0.25, 0.3) is 11.0 Å². The summed E-state index contributed by atoms with van der Waals surface area (Å²) < 4.78 is 8.78. The molecule has 0 saturated heterocycles. The lowest BCUT2D eigenvalue weighted by atomic mass is 9.89. The van der Waals surface area contributed by atoms with Gasteiger partial charge in [-0.1, -0.05) is 33.6 Å². The molecule has 146 valence electrons. The molecule has 0 radical (unpaired) electrons. The first-order valence-electron chi connectivity index (χ1n) is 9.39. The van der Waals surface area contributed by atoms with Gasteiger partial charge in [0.25, 0.3) is 11.4 Å². The van der Waals surface area contributed by atoms with Crippen LogP contribution in [0.3, 0.4) is 0 Å². The molecule has 2 N–H and O–H groups in total. The molecule has 3 aromatic rings. The van der Waals surface area contributed by atoms with Crippen LogP contribution in [0.5, 0.6) is 5.88 Å². The molecular weight excluding hydrogens is 344 g/mol. The molecule has 3 aromatic heterocycles. The predicted molar refractivity (Wildman–Crippen MR) is 107 cm³/mol. The third-order valence-corrected chi connectivity index (χ3v) is 5.32. The van der Waals surface area contributed by atoms with Crippen molar-refractivity contribution in [1.82, 2.24) is 24.3 Å². The summed E-state index contributed by atoms with van der Waals surface area (Å²) in [6.45, 7) is 7.29. The van der Waals surface area contributed by atoms with Gasteiger partial charge in [-0.2, -0.15) is 0 Å². The van der Waals surface area contributed by atoms with Crippen molar-refractivity contribution in [3.05, 3.63) is 29.1 Å². The van der Waals surface area contributed by atoms with E-state index in [9.17, 15) is 4.79 Å². The van der Waals surface area contributed by atoms with Gasteiger partial charge in [-0.25, -0.2) is 4.98 Å². The van der Waals surface area contributed by atoms with Gasteiger partial charge >= 0.3 is 0 Å². The number of anilines is 2. The molecule has 0 bridgehead atoms. The van der Waals surface area contributed by atoms with Crippen molar-refractivity contribution in [2.45, 2.75) is 40.2 Å². The SMILES string of the molecule is CCC(C)C(CC)Cn1cc(Nc2cn(C)nc2OC)c2nc[nH]c2c1=O. The fourth-order valence-corrected chi connectivity index (χ4v) is 3.45. The van der Waals surface area contributed by atoms with E-state index in [0.29, 0.717) is 35.3 Å². The van der Waals surface area contributed by atoms with Crippen LogP contribution in [0.4, 0.5) is 11.4 Å². The first kappa shape index (κ1) is 19.0. The van der Waals surface area contributed by atoms with Crippen LogP contribution >= 0.6 is 0 Å². The second-order valence-electron chi connectivity index (χ2n) is 7.03. The Bertz CT molecular complexity index is 970. The van der Waals surface area contributed by atoms with E-state index in [-0.39, 0.29) is 5.56 Å². The summed E-state index contributed by atoms with van der Waals surface area (Å²) in [5.41, 5.74) is 2.54. The Morgan fingerprint density at radius 3 is 2.70 bits per heavy atom. The number of nitrogens with one attached hydrogen (secondary N) is 2. The number of aromatic nitrogens is 5. The molecule has 0 aliphatic carbocycles. The minimum Gasteiger partial charge on any atom is -0.478 e. The number of rotatable bonds is 8. The van der Waals surface area contributed by atoms with Gasteiger partial charge in [0.15, 0.2) is 0 Å². The number of imidazole rings is 1. The second kappa shape index (κ2) is 7.85. The highest BCUT2D eigenvalue weighted by atomic mass is 16.5. The first-order chi connectivity index (χ1) is 13.0. The van der Waals surface area contributed by atoms with Gasteiger partial charge in [-0.15, -0.1) is 5.10 Å². The third kappa shape index (κ3) is 3.70. The van der Waals surface area contributed by atoms with Gasteiger partial charge in [-0.05, 0) is 11.8 Å². The number of aryl methyl sites for hydroxylation is 1. The second-order valence-corrected chi connectivity index (χ2v) is 7.03. The van der Waals surface area contributed by atoms with Crippen molar-refractivity contribution < 1.29 is 4.74 Å². The van der Waals surface area contributed by atoms with Crippen molar-refractivity contribution in [3.63, 3.8) is 0 Å². The largest absolute Gasteiger partial charge is 0.478 e. The minimum atomic E-state index is -0.0482. The number of pyridine rings is 1. The summed E-state index contributed by atoms with van der Waals surface area (Å²) >= 11 is 0. The van der Waals surface area contributed by atoms with Gasteiger partial charge in [0.05, 0.1) is 25.3 Å². The zero-order chi connectivity index (χ0) is 19.6. The summed E-state index contributed by atoms with van der Waals surface area (Å²) in [4.78, 5) is 20.2. The average molecular weight is 372 g/mol. The van der Waals surface area contributed by atoms with E-state index in [1.54, 1.807) is 22.7 Å². The standard InChI is InChI=1S/C19H28N6O2/c1-6-12(3)13(7-2)8-25-10-14(16-17(19(25)26)21-11-20-16)22-15-9-24(4)23-18(15)27-5/h9-13,22H,6-8H2,1-5H3,(H,20,21). The Morgan fingerprint density at radius 2 is 2.04 bits per heavy atom. The van der Waals surface area contributed by atoms with Gasteiger partial charge in [0.2, 0.25) is 0 Å². The maximum atomic E-state index is 12.9. The van der Waals surface area contributed by atoms with E-state index in [4.69, 9.17) is 4.74 Å². The van der Waals surface area contributed by atoms with Crippen LogP contribution in [0.2, 0.25) is 0 Å². The molecule has 0 saturated carbocycles. The minimum absolute atomic E-state index is 0.0482. The topological polar surface area (TPSA) is 89.8 Å². The lowest BCUT2D eigenvalue weighted by Gasteiger charge is -2.23. The van der Waals surface area contributed by atoms with Crippen LogP contribution in [0.1, 0.15) is 33.6 Å². The number of aromatic amines is 1. The molecule has 3 heterocycles. The number of hydrogen-bond donors (Lipinski definition) is 2. The van der Waals surface area contributed by atoms with E-state index in [0.717, 1.165) is 24.2 Å². The van der Waals surface area contributed by atoms with Crippen LogP contribution in [-0.4, -0.2) is 31.4 Å². The van der Waals surface area contributed by atoms with Crippen molar-refractivity contribution >= 4 is 22.4 Å². The fourth-order valence-electron chi connectivity index (χ4n) is 3.45. The quantitative estimate of drug-likeness (QED) is 0.633. The van der Waals surface area contributed by atoms with Crippen LogP contribution < -0.4 is 15.6 Å². The Balaban J connectivity index is 2.04. The predicted octanol–water partition coefficient (Wildman–Crippen LogP) is 3.28. The number of nitrogens with zero attached hydrogens (tertiary/aromatic N) is 4. The number of H-pyrrole nitrogens is 1. The molecule has 2 atom stereocenters. The van der Waals surface area contributed by atoms with Crippen molar-refractivity contribution in [2.75, 3.05) is 12.4 Å². The molecule has 0 aliphatic rings. The molecule has 0 aliphatic heterocycles. The van der Waals surface area contributed by atoms with Gasteiger partial charge < -0.3 is 19.6 Å². The molecule has 0 spiro atoms. The summed E-state index contributed by atoms with van der Waals surface area (Å²) in [5.74, 6) is 1.48. The number of fused-ring (bicyclic) bond motifs is 1. The van der Waals surface area contributed by atoms with Crippen LogP contribution in [0, 0.1) is 11.8 Å². The normalized spacial score (nSPS) is 13.7. The van der Waals surface area contributed by atoms with E-state index >= 15 is 0 Å². The summed E-state index contributed by atoms with van der Waals surface area (Å²) in [6.07, 6.45) is 7.36. The molecule has 8 nitrogen and oxygen atoms in total. The summed E-state index contributed by atoms with van der Waals surface area (Å²) in [5, 5.41) is 7.59. The maximum Gasteiger partial charge on any atom is 0.276 e. The van der Waals surface area contributed by atoms with E-state index < -0.39 is 0 Å².